The normalized spacial score (nSPS) is 23.0. The predicted octanol–water partition coefficient (Wildman–Crippen LogP) is 2.17. The molecular formula is C16H21ClFN3O2. The third-order valence-electron chi connectivity index (χ3n) is 4.41. The summed E-state index contributed by atoms with van der Waals surface area (Å²) in [4.78, 5) is 25.8. The number of anilines is 1. The van der Waals surface area contributed by atoms with Crippen LogP contribution in [-0.4, -0.2) is 41.9 Å². The van der Waals surface area contributed by atoms with Gasteiger partial charge in [0.1, 0.15) is 5.82 Å². The fourth-order valence-corrected chi connectivity index (χ4v) is 3.42. The molecule has 2 unspecified atom stereocenters. The Morgan fingerprint density at radius 3 is 2.74 bits per heavy atom. The van der Waals surface area contributed by atoms with Crippen LogP contribution in [0.2, 0.25) is 0 Å². The van der Waals surface area contributed by atoms with Gasteiger partial charge in [0.05, 0.1) is 5.56 Å². The van der Waals surface area contributed by atoms with Crippen molar-refractivity contribution < 1.29 is 14.0 Å². The lowest BCUT2D eigenvalue weighted by molar-refractivity contribution is -0.114. The molecule has 2 saturated heterocycles. The third-order valence-corrected chi connectivity index (χ3v) is 4.41. The van der Waals surface area contributed by atoms with Crippen LogP contribution in [-0.2, 0) is 4.79 Å². The van der Waals surface area contributed by atoms with Gasteiger partial charge in [-0.05, 0) is 44.0 Å². The number of hydrogen-bond donors (Lipinski definition) is 2. The van der Waals surface area contributed by atoms with Gasteiger partial charge in [0, 0.05) is 31.2 Å². The van der Waals surface area contributed by atoms with Crippen molar-refractivity contribution in [2.24, 2.45) is 0 Å². The average molecular weight is 342 g/mol. The van der Waals surface area contributed by atoms with Crippen molar-refractivity contribution >= 4 is 29.9 Å². The lowest BCUT2D eigenvalue weighted by Gasteiger charge is -2.28. The summed E-state index contributed by atoms with van der Waals surface area (Å²) < 4.78 is 14.1. The van der Waals surface area contributed by atoms with E-state index in [4.69, 9.17) is 0 Å². The molecule has 2 N–H and O–H groups in total. The van der Waals surface area contributed by atoms with Crippen LogP contribution in [0.1, 0.15) is 36.5 Å². The molecule has 2 bridgehead atoms. The summed E-state index contributed by atoms with van der Waals surface area (Å²) in [6, 6.07) is 4.43. The molecule has 1 aromatic rings. The van der Waals surface area contributed by atoms with Gasteiger partial charge in [0.25, 0.3) is 5.91 Å². The zero-order valence-corrected chi connectivity index (χ0v) is 13.8. The van der Waals surface area contributed by atoms with E-state index in [2.05, 4.69) is 10.6 Å². The number of nitrogens with zero attached hydrogens (tertiary/aromatic N) is 1. The van der Waals surface area contributed by atoms with Gasteiger partial charge >= 0.3 is 0 Å². The number of amides is 2. The summed E-state index contributed by atoms with van der Waals surface area (Å²) in [5, 5.41) is 5.91. The number of hydrogen-bond acceptors (Lipinski definition) is 3. The van der Waals surface area contributed by atoms with Gasteiger partial charge in [-0.1, -0.05) is 0 Å². The number of rotatable bonds is 2. The highest BCUT2D eigenvalue weighted by molar-refractivity contribution is 5.97. The molecular weight excluding hydrogens is 321 g/mol. The number of nitrogens with one attached hydrogen (secondary N) is 2. The van der Waals surface area contributed by atoms with Crippen LogP contribution in [0.25, 0.3) is 0 Å². The lowest BCUT2D eigenvalue weighted by atomic mass is 10.1. The molecule has 2 amide bonds. The van der Waals surface area contributed by atoms with E-state index < -0.39 is 5.82 Å². The van der Waals surface area contributed by atoms with Crippen molar-refractivity contribution in [3.05, 3.63) is 29.6 Å². The van der Waals surface area contributed by atoms with Crippen molar-refractivity contribution in [1.82, 2.24) is 10.2 Å². The summed E-state index contributed by atoms with van der Waals surface area (Å²) >= 11 is 0. The molecule has 2 fully saturated rings. The summed E-state index contributed by atoms with van der Waals surface area (Å²) in [7, 11) is 0. The predicted molar refractivity (Wildman–Crippen MR) is 88.4 cm³/mol. The Balaban J connectivity index is 0.00000192. The van der Waals surface area contributed by atoms with Crippen LogP contribution in [0.15, 0.2) is 18.2 Å². The summed E-state index contributed by atoms with van der Waals surface area (Å²) in [6.07, 6.45) is 2.83. The molecule has 0 radical (unpaired) electrons. The van der Waals surface area contributed by atoms with Crippen LogP contribution < -0.4 is 10.6 Å². The molecule has 1 aromatic carbocycles. The number of carbonyl (C=O) groups excluding carboxylic acids is 2. The Bertz CT molecular complexity index is 597. The molecule has 2 atom stereocenters. The zero-order chi connectivity index (χ0) is 15.7. The monoisotopic (exact) mass is 341 g/mol. The first-order valence-corrected chi connectivity index (χ1v) is 7.67. The second kappa shape index (κ2) is 7.27. The summed E-state index contributed by atoms with van der Waals surface area (Å²) in [5.41, 5.74) is 0.475. The highest BCUT2D eigenvalue weighted by Gasteiger charge is 2.39. The summed E-state index contributed by atoms with van der Waals surface area (Å²) in [6.45, 7) is 3.03. The van der Waals surface area contributed by atoms with E-state index >= 15 is 0 Å². The molecule has 0 aliphatic carbocycles. The van der Waals surface area contributed by atoms with E-state index in [0.29, 0.717) is 5.69 Å². The van der Waals surface area contributed by atoms with Crippen LogP contribution in [0.3, 0.4) is 0 Å². The highest BCUT2D eigenvalue weighted by atomic mass is 35.5. The molecule has 126 valence electrons. The van der Waals surface area contributed by atoms with E-state index in [9.17, 15) is 14.0 Å². The molecule has 7 heteroatoms. The molecule has 0 aromatic heterocycles. The highest BCUT2D eigenvalue weighted by Crippen LogP contribution is 2.30. The molecule has 2 aliphatic heterocycles. The summed E-state index contributed by atoms with van der Waals surface area (Å²) in [5.74, 6) is -1.07. The fraction of sp³-hybridized carbons (Fsp3) is 0.500. The maximum absolute atomic E-state index is 14.1. The maximum atomic E-state index is 14.1. The Morgan fingerprint density at radius 2 is 2.00 bits per heavy atom. The van der Waals surface area contributed by atoms with Gasteiger partial charge in [-0.2, -0.15) is 0 Å². The van der Waals surface area contributed by atoms with E-state index in [1.165, 1.54) is 25.1 Å². The molecule has 0 spiro atoms. The van der Waals surface area contributed by atoms with Crippen molar-refractivity contribution in [2.45, 2.75) is 38.3 Å². The SMILES string of the molecule is CC(=O)Nc1ccc(F)c(C(=O)N2C3CCNCC2CC3)c1.Cl. The van der Waals surface area contributed by atoms with Crippen molar-refractivity contribution in [1.29, 1.82) is 0 Å². The van der Waals surface area contributed by atoms with E-state index in [0.717, 1.165) is 32.4 Å². The minimum Gasteiger partial charge on any atom is -0.331 e. The van der Waals surface area contributed by atoms with Gasteiger partial charge < -0.3 is 15.5 Å². The Kier molecular flexibility index (Phi) is 5.59. The first kappa shape index (κ1) is 17.7. The second-order valence-electron chi connectivity index (χ2n) is 5.97. The van der Waals surface area contributed by atoms with Crippen molar-refractivity contribution in [2.75, 3.05) is 18.4 Å². The number of carbonyl (C=O) groups is 2. The van der Waals surface area contributed by atoms with Crippen LogP contribution in [0.4, 0.5) is 10.1 Å². The van der Waals surface area contributed by atoms with Crippen molar-refractivity contribution in [3.8, 4) is 0 Å². The topological polar surface area (TPSA) is 61.4 Å². The van der Waals surface area contributed by atoms with E-state index in [-0.39, 0.29) is 41.9 Å². The Morgan fingerprint density at radius 1 is 1.26 bits per heavy atom. The first-order chi connectivity index (χ1) is 10.6. The fourth-order valence-electron chi connectivity index (χ4n) is 3.42. The first-order valence-electron chi connectivity index (χ1n) is 7.67. The van der Waals surface area contributed by atoms with Crippen LogP contribution in [0.5, 0.6) is 0 Å². The Labute approximate surface area is 141 Å². The molecule has 5 nitrogen and oxygen atoms in total. The zero-order valence-electron chi connectivity index (χ0n) is 13.0. The van der Waals surface area contributed by atoms with Gasteiger partial charge in [-0.25, -0.2) is 4.39 Å². The number of fused-ring (bicyclic) bond motifs is 2. The molecule has 0 saturated carbocycles. The lowest BCUT2D eigenvalue weighted by Crippen LogP contribution is -2.42. The molecule has 3 rings (SSSR count). The molecule has 23 heavy (non-hydrogen) atoms. The van der Waals surface area contributed by atoms with Gasteiger partial charge in [-0.3, -0.25) is 9.59 Å². The molecule has 2 heterocycles. The van der Waals surface area contributed by atoms with Gasteiger partial charge in [0.2, 0.25) is 5.91 Å². The minimum atomic E-state index is -0.546. The number of halogens is 2. The van der Waals surface area contributed by atoms with Crippen LogP contribution in [0, 0.1) is 5.82 Å². The maximum Gasteiger partial charge on any atom is 0.257 e. The van der Waals surface area contributed by atoms with Gasteiger partial charge in [0.15, 0.2) is 0 Å². The average Bonchev–Trinajstić information content (AvgIpc) is 2.73. The van der Waals surface area contributed by atoms with Gasteiger partial charge in [-0.15, -0.1) is 12.4 Å². The third kappa shape index (κ3) is 3.64. The van der Waals surface area contributed by atoms with E-state index in [1.807, 2.05) is 4.90 Å². The standard InChI is InChI=1S/C16H20FN3O2.ClH/c1-10(21)19-11-2-5-15(17)14(8-11)16(22)20-12-3-4-13(20)9-18-7-6-12;/h2,5,8,12-13,18H,3-4,6-7,9H2,1H3,(H,19,21);1H. The second-order valence-corrected chi connectivity index (χ2v) is 5.97. The number of benzene rings is 1. The van der Waals surface area contributed by atoms with Crippen molar-refractivity contribution in [3.63, 3.8) is 0 Å². The smallest absolute Gasteiger partial charge is 0.257 e. The van der Waals surface area contributed by atoms with E-state index in [1.54, 1.807) is 0 Å². The quantitative estimate of drug-likeness (QED) is 0.866. The molecule has 2 aliphatic rings. The minimum absolute atomic E-state index is 0. The Hall–Kier alpha value is -1.66. The van der Waals surface area contributed by atoms with Crippen LogP contribution >= 0.6 is 12.4 Å². The largest absolute Gasteiger partial charge is 0.331 e.